The lowest BCUT2D eigenvalue weighted by Gasteiger charge is -2.45. The summed E-state index contributed by atoms with van der Waals surface area (Å²) in [4.78, 5) is 21.7. The van der Waals surface area contributed by atoms with E-state index >= 15 is 0 Å². The van der Waals surface area contributed by atoms with Crippen LogP contribution in [0.3, 0.4) is 0 Å². The first-order chi connectivity index (χ1) is 19.4. The predicted molar refractivity (Wildman–Crippen MR) is 155 cm³/mol. The van der Waals surface area contributed by atoms with Gasteiger partial charge in [-0.15, -0.1) is 0 Å². The van der Waals surface area contributed by atoms with Gasteiger partial charge in [0.25, 0.3) is 11.8 Å². The van der Waals surface area contributed by atoms with Crippen LogP contribution < -0.4 is 9.64 Å². The van der Waals surface area contributed by atoms with E-state index in [0.717, 1.165) is 24.4 Å². The van der Waals surface area contributed by atoms with E-state index in [1.807, 2.05) is 30.3 Å². The van der Waals surface area contributed by atoms with Crippen molar-refractivity contribution >= 4 is 34.8 Å². The van der Waals surface area contributed by atoms with E-state index in [-0.39, 0.29) is 37.3 Å². The Hall–Kier alpha value is -2.98. The van der Waals surface area contributed by atoms with Crippen LogP contribution >= 0.6 is 23.2 Å². The van der Waals surface area contributed by atoms with Crippen LogP contribution in [0.15, 0.2) is 60.8 Å². The summed E-state index contributed by atoms with van der Waals surface area (Å²) in [7, 11) is 0. The highest BCUT2D eigenvalue weighted by atomic mass is 35.5. The fourth-order valence-corrected chi connectivity index (χ4v) is 5.07. The molecule has 1 aliphatic rings. The lowest BCUT2D eigenvalue weighted by molar-refractivity contribution is -0.156. The standard InChI is InChI=1S/C30H33Cl2F2N3O4/c1-29(2,41-19-23-9-6-21(17-35-23)30(3,33)34)28(39)36-12-13-37(27(18-36)20-4-7-22(31)8-5-20)26-11-10-24(16-25(26)32)40-15-14-38/h4-11,16-17,27,38H,12-15,18-19H2,1-3H3/t27-/m0/s1. The molecule has 0 spiro atoms. The van der Waals surface area contributed by atoms with E-state index in [4.69, 9.17) is 37.8 Å². The number of anilines is 1. The van der Waals surface area contributed by atoms with Crippen molar-refractivity contribution < 1.29 is 28.2 Å². The molecule has 3 aromatic rings. The highest BCUT2D eigenvalue weighted by molar-refractivity contribution is 6.33. The third kappa shape index (κ3) is 7.65. The fourth-order valence-electron chi connectivity index (χ4n) is 4.67. The number of carbonyl (C=O) groups excluding carboxylic acids is 1. The Kier molecular flexibility index (Phi) is 9.74. The number of benzene rings is 2. The minimum absolute atomic E-state index is 0.00477. The van der Waals surface area contributed by atoms with Crippen LogP contribution in [0.2, 0.25) is 10.0 Å². The van der Waals surface area contributed by atoms with Crippen molar-refractivity contribution in [1.82, 2.24) is 9.88 Å². The average molecular weight is 609 g/mol. The number of halogens is 4. The van der Waals surface area contributed by atoms with E-state index in [9.17, 15) is 13.6 Å². The number of rotatable bonds is 10. The zero-order chi connectivity index (χ0) is 29.8. The Labute approximate surface area is 248 Å². The number of amides is 1. The van der Waals surface area contributed by atoms with E-state index < -0.39 is 11.5 Å². The molecule has 0 radical (unpaired) electrons. The molecule has 0 unspecified atom stereocenters. The second-order valence-electron chi connectivity index (χ2n) is 10.4. The summed E-state index contributed by atoms with van der Waals surface area (Å²) in [6.07, 6.45) is 1.12. The predicted octanol–water partition coefficient (Wildman–Crippen LogP) is 6.26. The summed E-state index contributed by atoms with van der Waals surface area (Å²) in [6, 6.07) is 15.4. The summed E-state index contributed by atoms with van der Waals surface area (Å²) in [5.41, 5.74) is 0.821. The number of aliphatic hydroxyl groups is 1. The lowest BCUT2D eigenvalue weighted by Crippen LogP contribution is -2.56. The summed E-state index contributed by atoms with van der Waals surface area (Å²) in [5, 5.41) is 10.1. The molecule has 220 valence electrons. The molecule has 7 nitrogen and oxygen atoms in total. The lowest BCUT2D eigenvalue weighted by atomic mass is 9.99. The summed E-state index contributed by atoms with van der Waals surface area (Å²) >= 11 is 12.8. The first-order valence-corrected chi connectivity index (χ1v) is 14.0. The topological polar surface area (TPSA) is 75.1 Å². The van der Waals surface area contributed by atoms with Gasteiger partial charge < -0.3 is 24.4 Å². The zero-order valence-corrected chi connectivity index (χ0v) is 24.6. The summed E-state index contributed by atoms with van der Waals surface area (Å²) < 4.78 is 38.5. The quantitative estimate of drug-likeness (QED) is 0.293. The molecule has 1 atom stereocenters. The summed E-state index contributed by atoms with van der Waals surface area (Å²) in [5.74, 6) is -2.63. The van der Waals surface area contributed by atoms with Gasteiger partial charge in [0.2, 0.25) is 0 Å². The molecule has 1 amide bonds. The third-order valence-electron chi connectivity index (χ3n) is 6.94. The van der Waals surface area contributed by atoms with Crippen LogP contribution in [-0.4, -0.2) is 59.3 Å². The number of nitrogens with zero attached hydrogens (tertiary/aromatic N) is 3. The Morgan fingerprint density at radius 2 is 1.80 bits per heavy atom. The molecule has 0 saturated carbocycles. The molecule has 1 aromatic heterocycles. The van der Waals surface area contributed by atoms with Gasteiger partial charge in [0.1, 0.15) is 18.0 Å². The Balaban J connectivity index is 1.51. The van der Waals surface area contributed by atoms with Crippen molar-refractivity contribution in [3.05, 3.63) is 87.7 Å². The minimum Gasteiger partial charge on any atom is -0.491 e. The zero-order valence-electron chi connectivity index (χ0n) is 23.1. The van der Waals surface area contributed by atoms with Gasteiger partial charge in [0.05, 0.1) is 35.7 Å². The normalized spacial score (nSPS) is 16.1. The van der Waals surface area contributed by atoms with Crippen LogP contribution in [0, 0.1) is 0 Å². The molecule has 4 rings (SSSR count). The van der Waals surface area contributed by atoms with Gasteiger partial charge in [-0.05, 0) is 55.8 Å². The highest BCUT2D eigenvalue weighted by Gasteiger charge is 2.38. The van der Waals surface area contributed by atoms with Crippen molar-refractivity contribution in [2.45, 2.75) is 44.9 Å². The molecule has 2 heterocycles. The van der Waals surface area contributed by atoms with Gasteiger partial charge in [-0.2, -0.15) is 0 Å². The minimum atomic E-state index is -2.98. The Morgan fingerprint density at radius 3 is 2.41 bits per heavy atom. The molecular formula is C30H33Cl2F2N3O4. The van der Waals surface area contributed by atoms with Gasteiger partial charge in [-0.25, -0.2) is 8.78 Å². The number of piperazine rings is 1. The smallest absolute Gasteiger partial charge is 0.272 e. The van der Waals surface area contributed by atoms with Crippen molar-refractivity contribution in [2.75, 3.05) is 37.7 Å². The fraction of sp³-hybridized carbons (Fsp3) is 0.400. The molecule has 41 heavy (non-hydrogen) atoms. The second-order valence-corrected chi connectivity index (χ2v) is 11.3. The Morgan fingerprint density at radius 1 is 1.07 bits per heavy atom. The molecule has 11 heteroatoms. The number of carbonyl (C=O) groups is 1. The molecule has 1 N–H and O–H groups in total. The first kappa shape index (κ1) is 31.0. The molecule has 1 aliphatic heterocycles. The van der Waals surface area contributed by atoms with E-state index in [2.05, 4.69) is 9.88 Å². The van der Waals surface area contributed by atoms with Crippen molar-refractivity contribution in [3.8, 4) is 5.75 Å². The second kappa shape index (κ2) is 12.9. The monoisotopic (exact) mass is 607 g/mol. The molecule has 0 aliphatic carbocycles. The van der Waals surface area contributed by atoms with E-state index in [0.29, 0.717) is 41.1 Å². The van der Waals surface area contributed by atoms with Crippen LogP contribution in [0.5, 0.6) is 5.75 Å². The third-order valence-corrected chi connectivity index (χ3v) is 7.49. The van der Waals surface area contributed by atoms with Gasteiger partial charge in [0, 0.05) is 49.4 Å². The highest BCUT2D eigenvalue weighted by Crippen LogP contribution is 2.38. The van der Waals surface area contributed by atoms with E-state index in [1.54, 1.807) is 30.9 Å². The van der Waals surface area contributed by atoms with Crippen LogP contribution in [0.25, 0.3) is 0 Å². The SMILES string of the molecule is CC(C)(OCc1ccc(C(C)(F)F)cn1)C(=O)N1CCN(c2ccc(OCCO)cc2Cl)[C@H](c2ccc(Cl)cc2)C1. The van der Waals surface area contributed by atoms with Gasteiger partial charge in [-0.3, -0.25) is 9.78 Å². The number of aromatic nitrogens is 1. The average Bonchev–Trinajstić information content (AvgIpc) is 2.95. The number of hydrogen-bond acceptors (Lipinski definition) is 6. The summed E-state index contributed by atoms with van der Waals surface area (Å²) in [6.45, 7) is 5.54. The maximum Gasteiger partial charge on any atom is 0.272 e. The molecule has 0 bridgehead atoms. The molecular weight excluding hydrogens is 575 g/mol. The van der Waals surface area contributed by atoms with Crippen LogP contribution in [0.4, 0.5) is 14.5 Å². The van der Waals surface area contributed by atoms with Crippen molar-refractivity contribution in [2.24, 2.45) is 0 Å². The molecule has 1 saturated heterocycles. The van der Waals surface area contributed by atoms with Crippen LogP contribution in [-0.2, 0) is 22.1 Å². The largest absolute Gasteiger partial charge is 0.491 e. The first-order valence-electron chi connectivity index (χ1n) is 13.2. The van der Waals surface area contributed by atoms with Gasteiger partial charge >= 0.3 is 0 Å². The van der Waals surface area contributed by atoms with Gasteiger partial charge in [-0.1, -0.05) is 35.3 Å². The Bertz CT molecular complexity index is 1340. The number of alkyl halides is 2. The van der Waals surface area contributed by atoms with Crippen molar-refractivity contribution in [1.29, 1.82) is 0 Å². The maximum atomic E-state index is 13.7. The van der Waals surface area contributed by atoms with Crippen LogP contribution in [0.1, 0.15) is 43.6 Å². The van der Waals surface area contributed by atoms with Crippen molar-refractivity contribution in [3.63, 3.8) is 0 Å². The number of hydrogen-bond donors (Lipinski definition) is 1. The maximum absolute atomic E-state index is 13.7. The number of pyridine rings is 1. The molecule has 2 aromatic carbocycles. The number of aliphatic hydroxyl groups excluding tert-OH is 1. The molecule has 1 fully saturated rings. The number of ether oxygens (including phenoxy) is 2. The van der Waals surface area contributed by atoms with Gasteiger partial charge in [0.15, 0.2) is 0 Å². The van der Waals surface area contributed by atoms with E-state index in [1.165, 1.54) is 12.1 Å².